The minimum atomic E-state index is -0.816. The van der Waals surface area contributed by atoms with Crippen LogP contribution in [-0.4, -0.2) is 29.3 Å². The number of nitrogens with one attached hydrogen (secondary N) is 1. The van der Waals surface area contributed by atoms with Gasteiger partial charge in [0.05, 0.1) is 16.5 Å². The zero-order valence-corrected chi connectivity index (χ0v) is 21.2. The predicted octanol–water partition coefficient (Wildman–Crippen LogP) is 6.23. The minimum Gasteiger partial charge on any atom is -0.354 e. The van der Waals surface area contributed by atoms with E-state index in [1.54, 1.807) is 36.4 Å². The fraction of sp³-hybridized carbons (Fsp3) is 0.286. The van der Waals surface area contributed by atoms with Gasteiger partial charge in [0.1, 0.15) is 11.9 Å². The third-order valence-electron chi connectivity index (χ3n) is 5.74. The van der Waals surface area contributed by atoms with E-state index in [0.717, 1.165) is 18.4 Å². The first-order valence-corrected chi connectivity index (χ1v) is 12.4. The van der Waals surface area contributed by atoms with Crippen LogP contribution in [0.4, 0.5) is 4.39 Å². The van der Waals surface area contributed by atoms with Crippen molar-refractivity contribution in [3.63, 3.8) is 0 Å². The molecule has 0 spiro atoms. The number of hydrogen-bond acceptors (Lipinski definition) is 2. The zero-order valence-electron chi connectivity index (χ0n) is 19.6. The molecule has 4 nitrogen and oxygen atoms in total. The third-order valence-corrected chi connectivity index (χ3v) is 6.48. The quantitative estimate of drug-likeness (QED) is 0.308. The van der Waals surface area contributed by atoms with Gasteiger partial charge in [0.25, 0.3) is 0 Å². The van der Waals surface area contributed by atoms with Crippen LogP contribution in [0.1, 0.15) is 36.5 Å². The molecule has 1 atom stereocenters. The molecule has 0 aliphatic rings. The van der Waals surface area contributed by atoms with E-state index >= 15 is 0 Å². The van der Waals surface area contributed by atoms with Crippen LogP contribution in [-0.2, 0) is 29.0 Å². The summed E-state index contributed by atoms with van der Waals surface area (Å²) in [6.07, 6.45) is 2.06. The highest BCUT2D eigenvalue weighted by atomic mass is 35.5. The topological polar surface area (TPSA) is 49.4 Å². The summed E-state index contributed by atoms with van der Waals surface area (Å²) in [6, 6.07) is 20.0. The summed E-state index contributed by atoms with van der Waals surface area (Å²) >= 11 is 12.2. The average molecular weight is 515 g/mol. The van der Waals surface area contributed by atoms with Crippen molar-refractivity contribution in [3.8, 4) is 0 Å². The molecule has 184 valence electrons. The molecule has 0 unspecified atom stereocenters. The fourth-order valence-electron chi connectivity index (χ4n) is 3.80. The van der Waals surface area contributed by atoms with E-state index in [4.69, 9.17) is 23.2 Å². The van der Waals surface area contributed by atoms with E-state index < -0.39 is 11.9 Å². The van der Waals surface area contributed by atoms with Crippen molar-refractivity contribution in [2.45, 2.75) is 45.2 Å². The van der Waals surface area contributed by atoms with Gasteiger partial charge in [0, 0.05) is 25.1 Å². The molecule has 0 aliphatic carbocycles. The van der Waals surface area contributed by atoms with Crippen LogP contribution in [0, 0.1) is 5.82 Å². The lowest BCUT2D eigenvalue weighted by atomic mass is 10.0. The van der Waals surface area contributed by atoms with Gasteiger partial charge in [-0.05, 0) is 35.7 Å². The van der Waals surface area contributed by atoms with Crippen molar-refractivity contribution >= 4 is 35.0 Å². The maximum absolute atomic E-state index is 14.6. The van der Waals surface area contributed by atoms with E-state index in [-0.39, 0.29) is 24.8 Å². The lowest BCUT2D eigenvalue weighted by Gasteiger charge is -2.32. The second-order valence-electron chi connectivity index (χ2n) is 8.39. The number of amides is 2. The molecule has 0 saturated carbocycles. The van der Waals surface area contributed by atoms with Crippen LogP contribution in [0.3, 0.4) is 0 Å². The van der Waals surface area contributed by atoms with E-state index in [1.807, 2.05) is 37.3 Å². The Kier molecular flexibility index (Phi) is 10.1. The molecular weight excluding hydrogens is 486 g/mol. The molecule has 3 aromatic rings. The summed E-state index contributed by atoms with van der Waals surface area (Å²) in [6.45, 7) is 2.51. The number of carbonyl (C=O) groups is 2. The Morgan fingerprint density at radius 1 is 0.943 bits per heavy atom. The normalized spacial score (nSPS) is 11.7. The van der Waals surface area contributed by atoms with Gasteiger partial charge in [-0.2, -0.15) is 0 Å². The number of halogens is 3. The number of carbonyl (C=O) groups excluding carboxylic acids is 2. The Morgan fingerprint density at radius 2 is 1.66 bits per heavy atom. The molecule has 35 heavy (non-hydrogen) atoms. The molecule has 7 heteroatoms. The highest BCUT2D eigenvalue weighted by molar-refractivity contribution is 6.42. The molecule has 3 aromatic carbocycles. The summed E-state index contributed by atoms with van der Waals surface area (Å²) in [7, 11) is 0. The molecule has 3 rings (SSSR count). The van der Waals surface area contributed by atoms with Gasteiger partial charge >= 0.3 is 0 Å². The van der Waals surface area contributed by atoms with Crippen molar-refractivity contribution in [3.05, 3.63) is 105 Å². The van der Waals surface area contributed by atoms with Gasteiger partial charge in [-0.15, -0.1) is 0 Å². The van der Waals surface area contributed by atoms with Gasteiger partial charge in [-0.1, -0.05) is 91.1 Å². The first-order valence-electron chi connectivity index (χ1n) is 11.7. The van der Waals surface area contributed by atoms with Crippen molar-refractivity contribution in [1.29, 1.82) is 0 Å². The minimum absolute atomic E-state index is 0.00112. The van der Waals surface area contributed by atoms with Crippen molar-refractivity contribution in [2.75, 3.05) is 6.54 Å². The van der Waals surface area contributed by atoms with Crippen LogP contribution in [0.15, 0.2) is 72.8 Å². The van der Waals surface area contributed by atoms with Crippen LogP contribution < -0.4 is 5.32 Å². The second-order valence-corrected chi connectivity index (χ2v) is 9.20. The molecule has 0 bridgehead atoms. The van der Waals surface area contributed by atoms with Crippen LogP contribution in [0.2, 0.25) is 10.0 Å². The Bertz CT molecular complexity index is 1140. The first kappa shape index (κ1) is 26.7. The molecule has 0 heterocycles. The SMILES string of the molecule is CCCCNC(=O)[C@H](Cc1ccccc1)N(Cc1ccccc1F)C(=O)Cc1ccc(Cl)c(Cl)c1. The van der Waals surface area contributed by atoms with E-state index in [1.165, 1.54) is 11.0 Å². The average Bonchev–Trinajstić information content (AvgIpc) is 2.85. The van der Waals surface area contributed by atoms with Gasteiger partial charge in [0.2, 0.25) is 11.8 Å². The number of nitrogens with zero attached hydrogens (tertiary/aromatic N) is 1. The Labute approximate surface area is 216 Å². The predicted molar refractivity (Wildman–Crippen MR) is 139 cm³/mol. The standard InChI is InChI=1S/C28H29Cl2FN2O2/c1-2-3-15-32-28(35)26(17-20-9-5-4-6-10-20)33(19-22-11-7-8-12-25(22)31)27(34)18-21-13-14-23(29)24(30)16-21/h4-14,16,26H,2-3,15,17-19H2,1H3,(H,32,35)/t26-/m0/s1. The maximum atomic E-state index is 14.6. The zero-order chi connectivity index (χ0) is 25.2. The Balaban J connectivity index is 1.96. The highest BCUT2D eigenvalue weighted by Crippen LogP contribution is 2.24. The summed E-state index contributed by atoms with van der Waals surface area (Å²) in [5.74, 6) is -0.996. The third kappa shape index (κ3) is 7.81. The van der Waals surface area contributed by atoms with Gasteiger partial charge in [0.15, 0.2) is 0 Å². The van der Waals surface area contributed by atoms with E-state index in [9.17, 15) is 14.0 Å². The lowest BCUT2D eigenvalue weighted by Crippen LogP contribution is -2.51. The largest absolute Gasteiger partial charge is 0.354 e. The number of unbranched alkanes of at least 4 members (excludes halogenated alkanes) is 1. The summed E-state index contributed by atoms with van der Waals surface area (Å²) in [4.78, 5) is 28.5. The Hall–Kier alpha value is -2.89. The van der Waals surface area contributed by atoms with Gasteiger partial charge in [-0.25, -0.2) is 4.39 Å². The lowest BCUT2D eigenvalue weighted by molar-refractivity contribution is -0.140. The summed E-state index contributed by atoms with van der Waals surface area (Å²) in [5.41, 5.74) is 1.91. The van der Waals surface area contributed by atoms with Gasteiger partial charge < -0.3 is 10.2 Å². The molecule has 0 saturated heterocycles. The first-order chi connectivity index (χ1) is 16.9. The molecule has 0 aromatic heterocycles. The van der Waals surface area contributed by atoms with Crippen molar-refractivity contribution in [2.24, 2.45) is 0 Å². The van der Waals surface area contributed by atoms with Crippen LogP contribution in [0.25, 0.3) is 0 Å². The maximum Gasteiger partial charge on any atom is 0.243 e. The number of rotatable bonds is 11. The highest BCUT2D eigenvalue weighted by Gasteiger charge is 2.31. The van der Waals surface area contributed by atoms with Crippen molar-refractivity contribution in [1.82, 2.24) is 10.2 Å². The molecule has 0 fully saturated rings. The molecular formula is C28H29Cl2FN2O2. The van der Waals surface area contributed by atoms with Gasteiger partial charge in [-0.3, -0.25) is 9.59 Å². The number of benzene rings is 3. The smallest absolute Gasteiger partial charge is 0.243 e. The van der Waals surface area contributed by atoms with E-state index in [0.29, 0.717) is 34.1 Å². The second kappa shape index (κ2) is 13.3. The fourth-order valence-corrected chi connectivity index (χ4v) is 4.12. The molecule has 0 radical (unpaired) electrons. The summed E-state index contributed by atoms with van der Waals surface area (Å²) in [5, 5.41) is 3.69. The number of hydrogen-bond donors (Lipinski definition) is 1. The molecule has 2 amide bonds. The molecule has 0 aliphatic heterocycles. The monoisotopic (exact) mass is 514 g/mol. The molecule has 1 N–H and O–H groups in total. The summed E-state index contributed by atoms with van der Waals surface area (Å²) < 4.78 is 14.6. The van der Waals surface area contributed by atoms with Crippen LogP contribution in [0.5, 0.6) is 0 Å². The van der Waals surface area contributed by atoms with Crippen LogP contribution >= 0.6 is 23.2 Å². The van der Waals surface area contributed by atoms with E-state index in [2.05, 4.69) is 5.32 Å². The Morgan fingerprint density at radius 3 is 2.34 bits per heavy atom. The van der Waals surface area contributed by atoms with Crippen molar-refractivity contribution < 1.29 is 14.0 Å².